The molecule has 0 radical (unpaired) electrons. The standard InChI is InChI=1S/C71H128O6/c1-4-7-10-13-16-19-22-25-27-28-29-30-31-32-33-34-35-36-37-38-39-40-41-42-43-45-46-49-52-55-58-61-64-70(73)76-67-68(66-75-69(72)63-60-57-54-51-48-24-21-18-15-12-9-6-3)77-71(74)65-62-59-56-53-50-47-44-26-23-20-17-14-11-8-5-2/h8,11,17,20,26,44,50,53,59,62,68H,4-7,9-10,12-16,18-19,21-25,27-43,45-49,51-52,54-58,60-61,63-67H2,1-3H3/b11-8-,20-17-,44-26-,53-50-,62-59-. The fourth-order valence-electron chi connectivity index (χ4n) is 10.1. The lowest BCUT2D eigenvalue weighted by Crippen LogP contribution is -2.30. The van der Waals surface area contributed by atoms with Crippen LogP contribution in [0.5, 0.6) is 0 Å². The molecule has 6 nitrogen and oxygen atoms in total. The van der Waals surface area contributed by atoms with Crippen LogP contribution in [-0.2, 0) is 28.6 Å². The zero-order valence-corrected chi connectivity index (χ0v) is 51.5. The van der Waals surface area contributed by atoms with Gasteiger partial charge in [0.05, 0.1) is 6.42 Å². The highest BCUT2D eigenvalue weighted by molar-refractivity contribution is 5.72. The van der Waals surface area contributed by atoms with Gasteiger partial charge in [0.2, 0.25) is 0 Å². The maximum absolute atomic E-state index is 12.8. The quantitative estimate of drug-likeness (QED) is 0.0261. The second-order valence-corrected chi connectivity index (χ2v) is 22.7. The van der Waals surface area contributed by atoms with Crippen LogP contribution in [0.25, 0.3) is 0 Å². The number of hydrogen-bond acceptors (Lipinski definition) is 6. The van der Waals surface area contributed by atoms with E-state index in [0.717, 1.165) is 70.6 Å². The van der Waals surface area contributed by atoms with Crippen LogP contribution in [0.4, 0.5) is 0 Å². The van der Waals surface area contributed by atoms with E-state index in [4.69, 9.17) is 14.2 Å². The Hall–Kier alpha value is -2.89. The Bertz CT molecular complexity index is 1380. The molecule has 0 aromatic carbocycles. The van der Waals surface area contributed by atoms with Gasteiger partial charge in [-0.05, 0) is 44.9 Å². The monoisotopic (exact) mass is 1080 g/mol. The first-order chi connectivity index (χ1) is 38.0. The van der Waals surface area contributed by atoms with Gasteiger partial charge in [0.25, 0.3) is 0 Å². The second kappa shape index (κ2) is 65.6. The summed E-state index contributed by atoms with van der Waals surface area (Å²) in [6.45, 7) is 6.49. The molecular formula is C71H128O6. The number of esters is 3. The molecule has 1 unspecified atom stereocenters. The molecule has 0 fully saturated rings. The molecule has 0 aromatic rings. The summed E-state index contributed by atoms with van der Waals surface area (Å²) >= 11 is 0. The number of carbonyl (C=O) groups excluding carboxylic acids is 3. The van der Waals surface area contributed by atoms with E-state index in [1.165, 1.54) is 244 Å². The van der Waals surface area contributed by atoms with Gasteiger partial charge in [-0.2, -0.15) is 0 Å². The smallest absolute Gasteiger partial charge is 0.310 e. The Labute approximate surface area is 479 Å². The van der Waals surface area contributed by atoms with Crippen LogP contribution in [0.1, 0.15) is 355 Å². The Morgan fingerprint density at radius 1 is 0.273 bits per heavy atom. The summed E-state index contributed by atoms with van der Waals surface area (Å²) < 4.78 is 16.8. The lowest BCUT2D eigenvalue weighted by Gasteiger charge is -2.18. The van der Waals surface area contributed by atoms with Crippen molar-refractivity contribution in [2.45, 2.75) is 361 Å². The van der Waals surface area contributed by atoms with Crippen molar-refractivity contribution < 1.29 is 28.6 Å². The van der Waals surface area contributed by atoms with Crippen molar-refractivity contribution >= 4 is 17.9 Å². The summed E-state index contributed by atoms with van der Waals surface area (Å²) in [6.07, 6.45) is 84.4. The Morgan fingerprint density at radius 2 is 0.494 bits per heavy atom. The van der Waals surface area contributed by atoms with Crippen molar-refractivity contribution in [2.75, 3.05) is 13.2 Å². The van der Waals surface area contributed by atoms with E-state index >= 15 is 0 Å². The van der Waals surface area contributed by atoms with Crippen LogP contribution >= 0.6 is 0 Å². The van der Waals surface area contributed by atoms with Crippen LogP contribution in [0.2, 0.25) is 0 Å². The highest BCUT2D eigenvalue weighted by Crippen LogP contribution is 2.18. The number of rotatable bonds is 62. The number of hydrogen-bond donors (Lipinski definition) is 0. The van der Waals surface area contributed by atoms with Gasteiger partial charge in [0.1, 0.15) is 13.2 Å². The summed E-state index contributed by atoms with van der Waals surface area (Å²) in [5, 5.41) is 0. The van der Waals surface area contributed by atoms with Crippen LogP contribution in [-0.4, -0.2) is 37.2 Å². The first-order valence-electron chi connectivity index (χ1n) is 33.8. The van der Waals surface area contributed by atoms with E-state index in [0.29, 0.717) is 12.8 Å². The average molecular weight is 1080 g/mol. The van der Waals surface area contributed by atoms with E-state index in [2.05, 4.69) is 69.4 Å². The van der Waals surface area contributed by atoms with Gasteiger partial charge in [0, 0.05) is 12.8 Å². The average Bonchev–Trinajstić information content (AvgIpc) is 3.43. The fraction of sp³-hybridized carbons (Fsp3) is 0.817. The topological polar surface area (TPSA) is 78.9 Å². The van der Waals surface area contributed by atoms with E-state index in [1.807, 2.05) is 6.08 Å². The van der Waals surface area contributed by atoms with E-state index in [1.54, 1.807) is 6.08 Å². The van der Waals surface area contributed by atoms with Crippen LogP contribution in [0.3, 0.4) is 0 Å². The largest absolute Gasteiger partial charge is 0.462 e. The molecule has 0 saturated heterocycles. The van der Waals surface area contributed by atoms with Gasteiger partial charge >= 0.3 is 17.9 Å². The molecule has 448 valence electrons. The maximum atomic E-state index is 12.8. The van der Waals surface area contributed by atoms with Gasteiger partial charge in [-0.25, -0.2) is 0 Å². The predicted octanol–water partition coefficient (Wildman–Crippen LogP) is 23.1. The molecule has 0 aliphatic carbocycles. The van der Waals surface area contributed by atoms with Crippen LogP contribution < -0.4 is 0 Å². The molecule has 0 rings (SSSR count). The molecule has 0 bridgehead atoms. The van der Waals surface area contributed by atoms with Crippen molar-refractivity contribution in [1.82, 2.24) is 0 Å². The first-order valence-corrected chi connectivity index (χ1v) is 33.8. The van der Waals surface area contributed by atoms with Crippen LogP contribution in [0.15, 0.2) is 60.8 Å². The van der Waals surface area contributed by atoms with Crippen LogP contribution in [0, 0.1) is 0 Å². The lowest BCUT2D eigenvalue weighted by atomic mass is 10.0. The van der Waals surface area contributed by atoms with Gasteiger partial charge in [-0.1, -0.05) is 351 Å². The zero-order valence-electron chi connectivity index (χ0n) is 51.5. The fourth-order valence-corrected chi connectivity index (χ4v) is 10.1. The number of carbonyl (C=O) groups is 3. The minimum atomic E-state index is -0.826. The van der Waals surface area contributed by atoms with E-state index in [9.17, 15) is 14.4 Å². The first kappa shape index (κ1) is 74.1. The van der Waals surface area contributed by atoms with Gasteiger partial charge in [-0.15, -0.1) is 0 Å². The van der Waals surface area contributed by atoms with E-state index < -0.39 is 12.1 Å². The number of allylic oxidation sites excluding steroid dienone is 9. The third kappa shape index (κ3) is 63.8. The summed E-state index contributed by atoms with van der Waals surface area (Å²) in [7, 11) is 0. The second-order valence-electron chi connectivity index (χ2n) is 22.7. The minimum Gasteiger partial charge on any atom is -0.462 e. The number of unbranched alkanes of at least 4 members (excludes halogenated alkanes) is 42. The molecule has 77 heavy (non-hydrogen) atoms. The molecule has 0 aromatic heterocycles. The summed E-state index contributed by atoms with van der Waals surface area (Å²) in [6, 6.07) is 0. The molecule has 0 N–H and O–H groups in total. The Kier molecular flexibility index (Phi) is 63.2. The summed E-state index contributed by atoms with van der Waals surface area (Å²) in [5.74, 6) is -1.02. The molecule has 0 amide bonds. The van der Waals surface area contributed by atoms with E-state index in [-0.39, 0.29) is 31.6 Å². The SMILES string of the molecule is CC/C=C\C/C=C\C/C=C\C/C=C\C/C=C\CC(=O)OC(COC(=O)CCCCCCCCCCCCCC)COC(=O)CCCCCCCCCCCCCCCCCCCCCCCCCCCCCCCCCC. The normalized spacial score (nSPS) is 12.4. The molecule has 0 saturated carbocycles. The molecular weight excluding hydrogens is 949 g/mol. The van der Waals surface area contributed by atoms with Gasteiger partial charge < -0.3 is 14.2 Å². The maximum Gasteiger partial charge on any atom is 0.310 e. The highest BCUT2D eigenvalue weighted by Gasteiger charge is 2.19. The molecule has 6 heteroatoms. The van der Waals surface area contributed by atoms with Gasteiger partial charge in [-0.3, -0.25) is 14.4 Å². The molecule has 0 aliphatic rings. The summed E-state index contributed by atoms with van der Waals surface area (Å²) in [4.78, 5) is 38.2. The van der Waals surface area contributed by atoms with Crippen molar-refractivity contribution in [3.63, 3.8) is 0 Å². The zero-order chi connectivity index (χ0) is 55.7. The van der Waals surface area contributed by atoms with Crippen molar-refractivity contribution in [3.05, 3.63) is 60.8 Å². The molecule has 0 heterocycles. The third-order valence-electron chi connectivity index (χ3n) is 15.1. The molecule has 1 atom stereocenters. The highest BCUT2D eigenvalue weighted by atomic mass is 16.6. The van der Waals surface area contributed by atoms with Crippen molar-refractivity contribution in [1.29, 1.82) is 0 Å². The molecule has 0 aliphatic heterocycles. The molecule has 0 spiro atoms. The van der Waals surface area contributed by atoms with Crippen molar-refractivity contribution in [3.8, 4) is 0 Å². The van der Waals surface area contributed by atoms with Crippen molar-refractivity contribution in [2.24, 2.45) is 0 Å². The van der Waals surface area contributed by atoms with Gasteiger partial charge in [0.15, 0.2) is 6.10 Å². The third-order valence-corrected chi connectivity index (χ3v) is 15.1. The minimum absolute atomic E-state index is 0.102. The Balaban J connectivity index is 4.13. The summed E-state index contributed by atoms with van der Waals surface area (Å²) in [5.41, 5.74) is 0. The Morgan fingerprint density at radius 3 is 0.740 bits per heavy atom. The lowest BCUT2D eigenvalue weighted by molar-refractivity contribution is -0.166. The predicted molar refractivity (Wildman–Crippen MR) is 335 cm³/mol. The number of ether oxygens (including phenoxy) is 3.